The van der Waals surface area contributed by atoms with Crippen molar-refractivity contribution in [2.75, 3.05) is 0 Å². The summed E-state index contributed by atoms with van der Waals surface area (Å²) in [4.78, 5) is 11.1. The van der Waals surface area contributed by atoms with E-state index >= 15 is 0 Å². The van der Waals surface area contributed by atoms with Crippen LogP contribution in [0.2, 0.25) is 0 Å². The van der Waals surface area contributed by atoms with Crippen LogP contribution in [-0.2, 0) is 10.0 Å². The van der Waals surface area contributed by atoms with E-state index in [1.54, 1.807) is 12.1 Å². The van der Waals surface area contributed by atoms with Crippen molar-refractivity contribution in [2.24, 2.45) is 0 Å². The van der Waals surface area contributed by atoms with Crippen LogP contribution in [0.25, 0.3) is 0 Å². The monoisotopic (exact) mass is 1860 g/mol. The topological polar surface area (TPSA) is 63.2 Å². The Morgan fingerprint density at radius 2 is 0.280 bits per heavy atom. The zero-order valence-electron chi connectivity index (χ0n) is 5.94. The molecule has 0 aromatic heterocycles. The molecule has 82 heavy (non-hydrogen) atoms. The van der Waals surface area contributed by atoms with Crippen LogP contribution in [0.1, 0.15) is 10.4 Å². The first kappa shape index (κ1) is 506. The summed E-state index contributed by atoms with van der Waals surface area (Å²) >= 11 is 0. The van der Waals surface area contributed by atoms with Crippen molar-refractivity contribution in [3.8, 4) is 0 Å². The van der Waals surface area contributed by atoms with Crippen molar-refractivity contribution in [3.63, 3.8) is 0 Å². The molecule has 0 bridgehead atoms. The molecule has 202 valence electrons. The summed E-state index contributed by atoms with van der Waals surface area (Å²) in [5.41, 5.74) is 0.220. The van der Waals surface area contributed by atoms with Crippen LogP contribution in [0.4, 0.5) is 0 Å². The Hall–Kier alpha value is 68.6. The van der Waals surface area contributed by atoms with E-state index in [9.17, 15) is 13.2 Å². The van der Waals surface area contributed by atoms with Gasteiger partial charge in [0.15, 0.2) is 0 Å². The minimum atomic E-state index is -3.55. The van der Waals surface area contributed by atoms with E-state index in [1.807, 2.05) is 4.72 Å². The number of carbonyl (C=O) groups is 1. The third kappa shape index (κ3) is 362. The third-order valence-electron chi connectivity index (χ3n) is 1.65. The number of fused-ring (bicyclic) bond motifs is 1. The molecule has 75 heteroatoms. The zero-order chi connectivity index (χ0) is 8.77. The number of hydrogen-bond donors (Lipinski definition) is 1. The van der Waals surface area contributed by atoms with Gasteiger partial charge in [-0.15, -0.1) is 0 Å². The number of amides is 1. The van der Waals surface area contributed by atoms with Crippen LogP contribution in [0.15, 0.2) is 29.2 Å². The third-order valence-corrected chi connectivity index (χ3v) is 3.04. The molecule has 1 aliphatic heterocycles. The van der Waals surface area contributed by atoms with E-state index in [2.05, 4.69) is 0 Å². The van der Waals surface area contributed by atoms with Gasteiger partial charge in [0.2, 0.25) is 0 Å². The molecule has 1 heterocycles. The normalized spacial score (nSPS) is 2.71. The van der Waals surface area contributed by atoms with Gasteiger partial charge >= 0.3 is 2070 Å². The Balaban J connectivity index is -0.000000000360. The van der Waals surface area contributed by atoms with Crippen LogP contribution < -0.4 is 4.72 Å². The van der Waals surface area contributed by atoms with Gasteiger partial charge in [-0.1, -0.05) is 12.1 Å². The summed E-state index contributed by atoms with van der Waals surface area (Å²) < 4.78 is 24.2. The number of nitrogens with one attached hydrogen (secondary N) is 1. The maximum absolute atomic E-state index is 11.1. The van der Waals surface area contributed by atoms with E-state index in [4.69, 9.17) is 0 Å². The number of carbonyl (C=O) groups excluding carboxylic acids is 1. The summed E-state index contributed by atoms with van der Waals surface area (Å²) in [5, 5.41) is 0. The van der Waals surface area contributed by atoms with E-state index < -0.39 is 15.9 Å². The predicted molar refractivity (Wildman–Crippen MR) is 542 cm³/mol. The molecule has 2 rings (SSSR count). The van der Waals surface area contributed by atoms with Gasteiger partial charge in [0.1, 0.15) is 4.90 Å². The average molecular weight is 1860 g/mol. The maximum atomic E-state index is 11.1. The Kier molecular flexibility index (Phi) is 2600. The van der Waals surface area contributed by atoms with Crippen molar-refractivity contribution in [1.82, 2.24) is 4.72 Å². The Labute approximate surface area is 2060 Å². The summed E-state index contributed by atoms with van der Waals surface area (Å²) in [6, 6.07) is 6.09. The molecule has 0 unspecified atom stereocenters. The number of rotatable bonds is 0. The summed E-state index contributed by atoms with van der Waals surface area (Å²) in [6.45, 7) is 0. The molecule has 0 spiro atoms. The first-order valence-corrected chi connectivity index (χ1v) is 4.76. The van der Waals surface area contributed by atoms with Crippen molar-refractivity contribution in [3.05, 3.63) is 29.8 Å². The Morgan fingerprint density at radius 1 is 0.183 bits per heavy atom. The van der Waals surface area contributed by atoms with Crippen molar-refractivity contribution in [2.45, 2.75) is 4.90 Å². The van der Waals surface area contributed by atoms with Gasteiger partial charge < -0.3 is 0 Å². The molecule has 1 aromatic rings. The van der Waals surface area contributed by atoms with Crippen LogP contribution in [0, 0.1) is 0 Å². The molecule has 0 aliphatic carbocycles. The summed E-state index contributed by atoms with van der Waals surface area (Å²) in [6.07, 6.45) is 0. The van der Waals surface area contributed by atoms with Gasteiger partial charge in [-0.25, -0.2) is 13.1 Å². The zero-order valence-corrected chi connectivity index (χ0v) is 6.76. The molecule has 0 atom stereocenters. The number of sulfonamides is 1. The number of hydrogen-bond acceptors (Lipinski definition) is 3. The van der Waals surface area contributed by atoms with Crippen LogP contribution >= 0.6 is 0 Å². The van der Waals surface area contributed by atoms with Crippen LogP contribution in [-0.4, -0.2) is 2080 Å². The molecule has 0 saturated heterocycles. The van der Waals surface area contributed by atoms with Crippen LogP contribution in [0.3, 0.4) is 0 Å². The van der Waals surface area contributed by atoms with Gasteiger partial charge in [-0.2, -0.15) is 0 Å². The molecule has 0 fully saturated rings. The standard InChI is InChI=1S/C7H5NO3S.70Na.70H/c9-7-5-3-1-2-4-6(5)12(10,11)8-7;;;;;;;;;;;;;;;;;;;;;;;;;;;;;;;;;;;;;;;;;;;;;;;;;;;;;;;;;;;;;;;;;;;;;;;;;;;;;;;;;;;;;;;;;;;;;;;;;;;;;;;;;;;;;;;;;;;;;;;;;;;;;;;;;;;;;;;;;;;;/h1-4H,(H,8,9);;;;;;;;;;;;;;;;;;;;;;;;;;;;;;;;;;;;;;;;;;;;;;;;;;;;;;;;;;;;;;;;;;;;;;;;;;;;;;;;;;;;;;;;;;;;;;;;;;;;;;;;;;;;;;;;;;;;;;;;;;;;;;;;;;;;;;;;;;;;. The molecule has 1 aliphatic rings. The van der Waals surface area contributed by atoms with Gasteiger partial charge in [0, 0.05) is 0 Å². The molecule has 1 N–H and O–H groups in total. The molecule has 4 nitrogen and oxygen atoms in total. The molecule has 0 radical (unpaired) electrons. The van der Waals surface area contributed by atoms with Crippen LogP contribution in [0.5, 0.6) is 0 Å². The fourth-order valence-corrected chi connectivity index (χ4v) is 2.29. The SMILES string of the molecule is O=C1NS(=O)(=O)c2ccccc21.[NaH].[NaH].[NaH].[NaH].[NaH].[NaH].[NaH].[NaH].[NaH].[NaH].[NaH].[NaH].[NaH].[NaH].[NaH].[NaH].[NaH].[NaH].[NaH].[NaH].[NaH].[NaH].[NaH].[NaH].[NaH].[NaH].[NaH].[NaH].[NaH].[NaH].[NaH].[NaH].[NaH].[NaH].[NaH].[NaH].[NaH].[NaH].[NaH].[NaH].[NaH].[NaH].[NaH].[NaH].[NaH].[NaH].[NaH].[NaH].[NaH].[NaH].[NaH].[NaH].[NaH].[NaH].[NaH].[NaH].[NaH].[NaH].[NaH].[NaH].[NaH].[NaH].[NaH].[NaH].[NaH].[NaH].[NaH].[NaH].[NaH].[NaH]. The fraction of sp³-hybridized carbons (Fsp3) is 0. The number of benzene rings is 1. The van der Waals surface area contributed by atoms with E-state index in [1.165, 1.54) is 12.1 Å². The van der Waals surface area contributed by atoms with E-state index in [0.717, 1.165) is 0 Å². The predicted octanol–water partition coefficient (Wildman–Crippen LogP) is -45.3. The first-order chi connectivity index (χ1) is 5.61. The average Bonchev–Trinajstić information content (AvgIpc) is 2.25. The van der Waals surface area contributed by atoms with E-state index in [-0.39, 0.29) is 2080 Å². The van der Waals surface area contributed by atoms with Crippen molar-refractivity contribution < 1.29 is 13.2 Å². The van der Waals surface area contributed by atoms with Crippen molar-refractivity contribution in [1.29, 1.82) is 0 Å². The molecule has 0 saturated carbocycles. The second kappa shape index (κ2) is 421. The summed E-state index contributed by atoms with van der Waals surface area (Å²) in [7, 11) is -3.55. The van der Waals surface area contributed by atoms with Crippen molar-refractivity contribution >= 4 is 2080 Å². The first-order valence-electron chi connectivity index (χ1n) is 3.27. The summed E-state index contributed by atoms with van der Waals surface area (Å²) in [5.74, 6) is -0.550. The fourth-order valence-electron chi connectivity index (χ4n) is 1.12. The minimum absolute atomic E-state index is 0. The Bertz CT molecular complexity index is 499. The van der Waals surface area contributed by atoms with Gasteiger partial charge in [0.05, 0.1) is 5.56 Å². The second-order valence-corrected chi connectivity index (χ2v) is 4.08. The molecular weight excluding hydrogens is 1790 g/mol. The molecular formula is C7H75NNa70O3S. The molecule has 1 amide bonds. The molecule has 1 aromatic carbocycles. The second-order valence-electron chi connectivity index (χ2n) is 2.43. The van der Waals surface area contributed by atoms with Gasteiger partial charge in [-0.05, 0) is 12.1 Å². The Morgan fingerprint density at radius 3 is 0.378 bits per heavy atom. The van der Waals surface area contributed by atoms with Gasteiger partial charge in [0.25, 0.3) is 15.9 Å². The van der Waals surface area contributed by atoms with E-state index in [0.29, 0.717) is 0 Å². The van der Waals surface area contributed by atoms with Gasteiger partial charge in [-0.3, -0.25) is 4.79 Å². The quantitative estimate of drug-likeness (QED) is 0.263.